The van der Waals surface area contributed by atoms with Gasteiger partial charge in [-0.15, -0.1) is 0 Å². The maximum Gasteiger partial charge on any atom is 0.251 e. The number of piperidine rings is 1. The van der Waals surface area contributed by atoms with Gasteiger partial charge < -0.3 is 10.6 Å². The second-order valence-corrected chi connectivity index (χ2v) is 8.82. The molecule has 1 saturated carbocycles. The summed E-state index contributed by atoms with van der Waals surface area (Å²) in [4.78, 5) is 26.6. The smallest absolute Gasteiger partial charge is 0.251 e. The highest BCUT2D eigenvalue weighted by molar-refractivity contribution is 9.10. The second-order valence-electron chi connectivity index (χ2n) is 7.90. The van der Waals surface area contributed by atoms with Crippen LogP contribution >= 0.6 is 15.9 Å². The van der Waals surface area contributed by atoms with Gasteiger partial charge >= 0.3 is 0 Å². The maximum atomic E-state index is 12.2. The molecule has 2 aliphatic rings. The summed E-state index contributed by atoms with van der Waals surface area (Å²) in [7, 11) is 0. The van der Waals surface area contributed by atoms with Crippen molar-refractivity contribution in [3.05, 3.63) is 34.3 Å². The van der Waals surface area contributed by atoms with Crippen molar-refractivity contribution in [2.24, 2.45) is 5.92 Å². The highest BCUT2D eigenvalue weighted by Gasteiger charge is 2.33. The van der Waals surface area contributed by atoms with E-state index in [1.165, 1.54) is 6.42 Å². The van der Waals surface area contributed by atoms with Crippen LogP contribution in [0.25, 0.3) is 0 Å². The SMILES string of the molecule is CC1(NC(=O)CN2CCC(CNC(=O)c3cccc(Br)c3)CC2)CCC1. The number of halogens is 1. The molecule has 1 aliphatic heterocycles. The number of amides is 2. The Morgan fingerprint density at radius 2 is 2.00 bits per heavy atom. The lowest BCUT2D eigenvalue weighted by molar-refractivity contribution is -0.125. The molecule has 26 heavy (non-hydrogen) atoms. The Balaban J connectivity index is 1.36. The van der Waals surface area contributed by atoms with Crippen molar-refractivity contribution in [2.45, 2.75) is 44.6 Å². The number of carbonyl (C=O) groups excluding carboxylic acids is 2. The molecule has 2 fully saturated rings. The lowest BCUT2D eigenvalue weighted by atomic mass is 9.78. The van der Waals surface area contributed by atoms with E-state index in [-0.39, 0.29) is 17.4 Å². The molecule has 0 unspecified atom stereocenters. The first kappa shape index (κ1) is 19.4. The van der Waals surface area contributed by atoms with Crippen LogP contribution in [0.5, 0.6) is 0 Å². The van der Waals surface area contributed by atoms with Crippen molar-refractivity contribution >= 4 is 27.7 Å². The number of carbonyl (C=O) groups is 2. The minimum Gasteiger partial charge on any atom is -0.352 e. The molecule has 3 rings (SSSR count). The predicted molar refractivity (Wildman–Crippen MR) is 106 cm³/mol. The average molecular weight is 422 g/mol. The van der Waals surface area contributed by atoms with E-state index in [0.717, 1.165) is 43.2 Å². The molecular formula is C20H28BrN3O2. The van der Waals surface area contributed by atoms with Crippen molar-refractivity contribution in [3.63, 3.8) is 0 Å². The maximum absolute atomic E-state index is 12.2. The Kier molecular flexibility index (Phi) is 6.35. The van der Waals surface area contributed by atoms with E-state index in [4.69, 9.17) is 0 Å². The lowest BCUT2D eigenvalue weighted by Crippen LogP contribution is -2.54. The lowest BCUT2D eigenvalue weighted by Gasteiger charge is -2.40. The normalized spacial score (nSPS) is 20.2. The minimum absolute atomic E-state index is 0.0261. The Hall–Kier alpha value is -1.40. The van der Waals surface area contributed by atoms with Crippen LogP contribution in [0.15, 0.2) is 28.7 Å². The third kappa shape index (κ3) is 5.30. The summed E-state index contributed by atoms with van der Waals surface area (Å²) < 4.78 is 0.910. The molecule has 2 N–H and O–H groups in total. The number of nitrogens with one attached hydrogen (secondary N) is 2. The fourth-order valence-electron chi connectivity index (χ4n) is 3.73. The molecule has 0 atom stereocenters. The monoisotopic (exact) mass is 421 g/mol. The fraction of sp³-hybridized carbons (Fsp3) is 0.600. The molecule has 2 amide bonds. The van der Waals surface area contributed by atoms with Crippen LogP contribution in [0.3, 0.4) is 0 Å². The molecule has 1 aromatic carbocycles. The highest BCUT2D eigenvalue weighted by Crippen LogP contribution is 2.30. The van der Waals surface area contributed by atoms with Gasteiger partial charge in [-0.2, -0.15) is 0 Å². The molecule has 1 saturated heterocycles. The molecule has 1 aromatic rings. The van der Waals surface area contributed by atoms with E-state index < -0.39 is 0 Å². The van der Waals surface area contributed by atoms with Gasteiger partial charge in [-0.05, 0) is 76.2 Å². The molecule has 6 heteroatoms. The second kappa shape index (κ2) is 8.53. The molecule has 0 bridgehead atoms. The zero-order chi connectivity index (χ0) is 18.6. The van der Waals surface area contributed by atoms with E-state index in [9.17, 15) is 9.59 Å². The molecule has 0 spiro atoms. The molecule has 0 radical (unpaired) electrons. The zero-order valence-electron chi connectivity index (χ0n) is 15.4. The van der Waals surface area contributed by atoms with Crippen LogP contribution in [-0.2, 0) is 4.79 Å². The summed E-state index contributed by atoms with van der Waals surface area (Å²) in [6.45, 7) is 5.16. The van der Waals surface area contributed by atoms with Crippen LogP contribution < -0.4 is 10.6 Å². The largest absolute Gasteiger partial charge is 0.352 e. The summed E-state index contributed by atoms with van der Waals surface area (Å²) in [5.74, 6) is 0.602. The molecular weight excluding hydrogens is 394 g/mol. The number of likely N-dealkylation sites (tertiary alicyclic amines) is 1. The van der Waals surface area contributed by atoms with Gasteiger partial charge in [-0.3, -0.25) is 14.5 Å². The van der Waals surface area contributed by atoms with Crippen molar-refractivity contribution in [1.29, 1.82) is 0 Å². The topological polar surface area (TPSA) is 61.4 Å². The molecule has 142 valence electrons. The summed E-state index contributed by atoms with van der Waals surface area (Å²) in [5.41, 5.74) is 0.713. The molecule has 1 heterocycles. The molecule has 0 aromatic heterocycles. The van der Waals surface area contributed by atoms with Gasteiger partial charge in [-0.1, -0.05) is 22.0 Å². The Morgan fingerprint density at radius 1 is 1.27 bits per heavy atom. The molecule has 1 aliphatic carbocycles. The summed E-state index contributed by atoms with van der Waals surface area (Å²) in [5, 5.41) is 6.21. The van der Waals surface area contributed by atoms with Gasteiger partial charge in [0.05, 0.1) is 6.54 Å². The number of nitrogens with zero attached hydrogens (tertiary/aromatic N) is 1. The van der Waals surface area contributed by atoms with Gasteiger partial charge in [-0.25, -0.2) is 0 Å². The van der Waals surface area contributed by atoms with Crippen molar-refractivity contribution in [1.82, 2.24) is 15.5 Å². The highest BCUT2D eigenvalue weighted by atomic mass is 79.9. The van der Waals surface area contributed by atoms with Crippen LogP contribution in [0, 0.1) is 5.92 Å². The third-order valence-corrected chi connectivity index (χ3v) is 6.10. The van der Waals surface area contributed by atoms with Crippen molar-refractivity contribution < 1.29 is 9.59 Å². The van der Waals surface area contributed by atoms with E-state index in [1.54, 1.807) is 0 Å². The first-order chi connectivity index (χ1) is 12.4. The zero-order valence-corrected chi connectivity index (χ0v) is 17.0. The average Bonchev–Trinajstić information content (AvgIpc) is 2.59. The van der Waals surface area contributed by atoms with E-state index in [2.05, 4.69) is 38.4 Å². The minimum atomic E-state index is -0.0261. The Morgan fingerprint density at radius 3 is 2.62 bits per heavy atom. The Bertz CT molecular complexity index is 652. The van der Waals surface area contributed by atoms with E-state index in [1.807, 2.05) is 24.3 Å². The van der Waals surface area contributed by atoms with Gasteiger partial charge in [0.15, 0.2) is 0 Å². The number of hydrogen-bond donors (Lipinski definition) is 2. The van der Waals surface area contributed by atoms with Gasteiger partial charge in [0.2, 0.25) is 5.91 Å². The summed E-state index contributed by atoms with van der Waals surface area (Å²) in [6.07, 6.45) is 5.44. The van der Waals surface area contributed by atoms with E-state index >= 15 is 0 Å². The Labute approximate surface area is 164 Å². The standard InChI is InChI=1S/C20H28BrN3O2/c1-20(8-3-9-20)23-18(25)14-24-10-6-15(7-11-24)13-22-19(26)16-4-2-5-17(21)12-16/h2,4-5,12,15H,3,6-11,13-14H2,1H3,(H,22,26)(H,23,25). The third-order valence-electron chi connectivity index (χ3n) is 5.61. The van der Waals surface area contributed by atoms with Gasteiger partial charge in [0.25, 0.3) is 5.91 Å². The van der Waals surface area contributed by atoms with Crippen molar-refractivity contribution in [3.8, 4) is 0 Å². The van der Waals surface area contributed by atoms with Crippen LogP contribution in [-0.4, -0.2) is 48.4 Å². The molecule has 5 nitrogen and oxygen atoms in total. The van der Waals surface area contributed by atoms with Gasteiger partial charge in [0.1, 0.15) is 0 Å². The van der Waals surface area contributed by atoms with Crippen molar-refractivity contribution in [2.75, 3.05) is 26.2 Å². The first-order valence-electron chi connectivity index (χ1n) is 9.51. The van der Waals surface area contributed by atoms with Crippen LogP contribution in [0.4, 0.5) is 0 Å². The summed E-state index contributed by atoms with van der Waals surface area (Å²) in [6, 6.07) is 7.43. The van der Waals surface area contributed by atoms with E-state index in [0.29, 0.717) is 24.6 Å². The fourth-order valence-corrected chi connectivity index (χ4v) is 4.13. The first-order valence-corrected chi connectivity index (χ1v) is 10.3. The van der Waals surface area contributed by atoms with Crippen LogP contribution in [0.1, 0.15) is 49.4 Å². The summed E-state index contributed by atoms with van der Waals surface area (Å²) >= 11 is 3.39. The predicted octanol–water partition coefficient (Wildman–Crippen LogP) is 2.95. The number of hydrogen-bond acceptors (Lipinski definition) is 3. The van der Waals surface area contributed by atoms with Crippen LogP contribution in [0.2, 0.25) is 0 Å². The quantitative estimate of drug-likeness (QED) is 0.741. The number of rotatable bonds is 6. The number of benzene rings is 1. The van der Waals surface area contributed by atoms with Gasteiger partial charge in [0, 0.05) is 22.1 Å².